The number of amides is 1. The fourth-order valence-electron chi connectivity index (χ4n) is 2.11. The number of carbonyl (C=O) groups is 1. The van der Waals surface area contributed by atoms with Crippen molar-refractivity contribution in [2.75, 3.05) is 28.5 Å². The summed E-state index contributed by atoms with van der Waals surface area (Å²) in [5, 5.41) is 2.62. The number of anilines is 2. The molecule has 0 bridgehead atoms. The highest BCUT2D eigenvalue weighted by atomic mass is 32.2. The third-order valence-corrected chi connectivity index (χ3v) is 4.99. The number of ether oxygens (including phenoxy) is 1. The first-order chi connectivity index (χ1) is 9.44. The Morgan fingerprint density at radius 2 is 2.20 bits per heavy atom. The van der Waals surface area contributed by atoms with Crippen molar-refractivity contribution in [1.29, 1.82) is 0 Å². The number of aryl methyl sites for hydroxylation is 1. The second kappa shape index (κ2) is 5.70. The van der Waals surface area contributed by atoms with Crippen LogP contribution in [0.5, 0.6) is 0 Å². The second-order valence-corrected chi connectivity index (χ2v) is 6.60. The molecule has 2 rings (SSSR count). The number of benzene rings is 1. The van der Waals surface area contributed by atoms with Crippen molar-refractivity contribution in [3.05, 3.63) is 23.8 Å². The Hall–Kier alpha value is -1.76. The molecular formula is C13H18N2O4S. The molecule has 110 valence electrons. The van der Waals surface area contributed by atoms with E-state index in [0.29, 0.717) is 24.3 Å². The smallest absolute Gasteiger partial charge is 0.411 e. The van der Waals surface area contributed by atoms with Gasteiger partial charge in [0.25, 0.3) is 0 Å². The minimum atomic E-state index is -3.22. The number of sulfonamides is 1. The van der Waals surface area contributed by atoms with Gasteiger partial charge in [0.2, 0.25) is 10.0 Å². The summed E-state index contributed by atoms with van der Waals surface area (Å²) in [6, 6.07) is 5.19. The van der Waals surface area contributed by atoms with Gasteiger partial charge in [0.1, 0.15) is 0 Å². The van der Waals surface area contributed by atoms with E-state index < -0.39 is 16.1 Å². The van der Waals surface area contributed by atoms with Crippen LogP contribution in [0, 0.1) is 6.92 Å². The van der Waals surface area contributed by atoms with Gasteiger partial charge in [-0.3, -0.25) is 9.62 Å². The highest BCUT2D eigenvalue weighted by molar-refractivity contribution is 7.93. The van der Waals surface area contributed by atoms with Gasteiger partial charge in [0.15, 0.2) is 0 Å². The number of hydrogen-bond donors (Lipinski definition) is 1. The van der Waals surface area contributed by atoms with Crippen LogP contribution in [0.2, 0.25) is 0 Å². The van der Waals surface area contributed by atoms with Crippen molar-refractivity contribution in [3.63, 3.8) is 0 Å². The topological polar surface area (TPSA) is 75.7 Å². The lowest BCUT2D eigenvalue weighted by atomic mass is 10.2. The molecule has 0 aromatic heterocycles. The van der Waals surface area contributed by atoms with Crippen molar-refractivity contribution in [1.82, 2.24) is 0 Å². The first-order valence-corrected chi connectivity index (χ1v) is 8.10. The molecule has 1 fully saturated rings. The third-order valence-electron chi connectivity index (χ3n) is 3.12. The number of nitrogens with zero attached hydrogens (tertiary/aromatic N) is 1. The number of carbonyl (C=O) groups excluding carboxylic acids is 1. The van der Waals surface area contributed by atoms with Gasteiger partial charge in [0.05, 0.1) is 18.0 Å². The van der Waals surface area contributed by atoms with E-state index in [1.54, 1.807) is 25.1 Å². The standard InChI is InChI=1S/C13H18N2O4S/c1-3-19-13(16)14-12-9-11(6-5-10(12)2)15-7-4-8-20(15,17)18/h5-6,9H,3-4,7-8H2,1-2H3,(H,14,16). The van der Waals surface area contributed by atoms with Crippen LogP contribution in [0.15, 0.2) is 18.2 Å². The average molecular weight is 298 g/mol. The maximum absolute atomic E-state index is 11.9. The molecule has 1 aromatic rings. The molecule has 6 nitrogen and oxygen atoms in total. The van der Waals surface area contributed by atoms with E-state index in [2.05, 4.69) is 5.32 Å². The summed E-state index contributed by atoms with van der Waals surface area (Å²) in [6.07, 6.45) is 0.0775. The average Bonchev–Trinajstić information content (AvgIpc) is 2.72. The van der Waals surface area contributed by atoms with Crippen LogP contribution < -0.4 is 9.62 Å². The van der Waals surface area contributed by atoms with E-state index in [1.807, 2.05) is 6.92 Å². The molecule has 0 unspecified atom stereocenters. The Morgan fingerprint density at radius 3 is 2.80 bits per heavy atom. The van der Waals surface area contributed by atoms with Gasteiger partial charge in [-0.15, -0.1) is 0 Å². The monoisotopic (exact) mass is 298 g/mol. The van der Waals surface area contributed by atoms with E-state index in [9.17, 15) is 13.2 Å². The quantitative estimate of drug-likeness (QED) is 0.927. The highest BCUT2D eigenvalue weighted by Gasteiger charge is 2.28. The van der Waals surface area contributed by atoms with Crippen molar-refractivity contribution in [2.45, 2.75) is 20.3 Å². The molecule has 0 spiro atoms. The van der Waals surface area contributed by atoms with E-state index in [4.69, 9.17) is 4.74 Å². The first kappa shape index (κ1) is 14.6. The molecule has 1 aliphatic rings. The maximum atomic E-state index is 11.9. The minimum absolute atomic E-state index is 0.168. The molecule has 1 heterocycles. The predicted molar refractivity (Wildman–Crippen MR) is 77.6 cm³/mol. The maximum Gasteiger partial charge on any atom is 0.411 e. The van der Waals surface area contributed by atoms with Gasteiger partial charge in [-0.2, -0.15) is 0 Å². The molecule has 0 atom stereocenters. The summed E-state index contributed by atoms with van der Waals surface area (Å²) in [7, 11) is -3.22. The molecule has 0 radical (unpaired) electrons. The van der Waals surface area contributed by atoms with Gasteiger partial charge in [0, 0.05) is 12.2 Å². The van der Waals surface area contributed by atoms with Gasteiger partial charge >= 0.3 is 6.09 Å². The summed E-state index contributed by atoms with van der Waals surface area (Å²) < 4.78 is 30.0. The molecule has 0 aliphatic carbocycles. The van der Waals surface area contributed by atoms with Gasteiger partial charge < -0.3 is 4.74 Å². The van der Waals surface area contributed by atoms with Crippen molar-refractivity contribution < 1.29 is 17.9 Å². The Balaban J connectivity index is 2.27. The van der Waals surface area contributed by atoms with Crippen LogP contribution in [-0.2, 0) is 14.8 Å². The second-order valence-electron chi connectivity index (χ2n) is 4.59. The lowest BCUT2D eigenvalue weighted by Gasteiger charge is -2.18. The Labute approximate surface area is 118 Å². The Morgan fingerprint density at radius 1 is 1.45 bits per heavy atom. The van der Waals surface area contributed by atoms with Crippen molar-refractivity contribution in [3.8, 4) is 0 Å². The SMILES string of the molecule is CCOC(=O)Nc1cc(N2CCCS2(=O)=O)ccc1C. The minimum Gasteiger partial charge on any atom is -0.450 e. The number of nitrogens with one attached hydrogen (secondary N) is 1. The van der Waals surface area contributed by atoms with Crippen molar-refractivity contribution in [2.24, 2.45) is 0 Å². The normalized spacial score (nSPS) is 17.0. The molecule has 1 N–H and O–H groups in total. The predicted octanol–water partition coefficient (Wildman–Crippen LogP) is 2.10. The zero-order valence-corrected chi connectivity index (χ0v) is 12.4. The van der Waals surface area contributed by atoms with Crippen LogP contribution in [0.25, 0.3) is 0 Å². The zero-order chi connectivity index (χ0) is 14.8. The molecule has 0 saturated carbocycles. The molecule has 20 heavy (non-hydrogen) atoms. The summed E-state index contributed by atoms with van der Waals surface area (Å²) in [6.45, 7) is 4.32. The molecule has 1 aromatic carbocycles. The van der Waals surface area contributed by atoms with E-state index >= 15 is 0 Å². The van der Waals surface area contributed by atoms with Crippen LogP contribution in [0.3, 0.4) is 0 Å². The Kier molecular flexibility index (Phi) is 4.17. The van der Waals surface area contributed by atoms with Crippen LogP contribution >= 0.6 is 0 Å². The van der Waals surface area contributed by atoms with Crippen molar-refractivity contribution >= 4 is 27.5 Å². The van der Waals surface area contributed by atoms with Gasteiger partial charge in [-0.25, -0.2) is 13.2 Å². The molecule has 1 saturated heterocycles. The fraction of sp³-hybridized carbons (Fsp3) is 0.462. The highest BCUT2D eigenvalue weighted by Crippen LogP contribution is 2.28. The summed E-state index contributed by atoms with van der Waals surface area (Å²) >= 11 is 0. The van der Waals surface area contributed by atoms with Crippen LogP contribution in [0.1, 0.15) is 18.9 Å². The van der Waals surface area contributed by atoms with E-state index in [0.717, 1.165) is 5.56 Å². The zero-order valence-electron chi connectivity index (χ0n) is 11.5. The molecular weight excluding hydrogens is 280 g/mol. The molecule has 1 aliphatic heterocycles. The van der Waals surface area contributed by atoms with Gasteiger partial charge in [-0.1, -0.05) is 6.07 Å². The van der Waals surface area contributed by atoms with E-state index in [1.165, 1.54) is 4.31 Å². The van der Waals surface area contributed by atoms with Gasteiger partial charge in [-0.05, 0) is 38.0 Å². The van der Waals surface area contributed by atoms with Crippen LogP contribution in [-0.4, -0.2) is 33.4 Å². The summed E-state index contributed by atoms with van der Waals surface area (Å²) in [5.41, 5.74) is 1.97. The molecule has 7 heteroatoms. The molecule has 1 amide bonds. The number of rotatable bonds is 3. The fourth-order valence-corrected chi connectivity index (χ4v) is 3.66. The third kappa shape index (κ3) is 3.04. The summed E-state index contributed by atoms with van der Waals surface area (Å²) in [4.78, 5) is 11.5. The van der Waals surface area contributed by atoms with Crippen LogP contribution in [0.4, 0.5) is 16.2 Å². The lowest BCUT2D eigenvalue weighted by molar-refractivity contribution is 0.168. The number of hydrogen-bond acceptors (Lipinski definition) is 4. The summed E-state index contributed by atoms with van der Waals surface area (Å²) in [5.74, 6) is 0.168. The lowest BCUT2D eigenvalue weighted by Crippen LogP contribution is -2.25. The largest absolute Gasteiger partial charge is 0.450 e. The Bertz CT molecular complexity index is 613. The first-order valence-electron chi connectivity index (χ1n) is 6.49. The van der Waals surface area contributed by atoms with E-state index in [-0.39, 0.29) is 12.4 Å².